The van der Waals surface area contributed by atoms with Crippen LogP contribution in [-0.4, -0.2) is 22.3 Å². The highest BCUT2D eigenvalue weighted by Gasteiger charge is 2.15. The van der Waals surface area contributed by atoms with Gasteiger partial charge in [-0.15, -0.1) is 0 Å². The third-order valence-electron chi connectivity index (χ3n) is 3.51. The Morgan fingerprint density at radius 3 is 2.78 bits per heavy atom. The van der Waals surface area contributed by atoms with Gasteiger partial charge in [-0.3, -0.25) is 5.10 Å². The summed E-state index contributed by atoms with van der Waals surface area (Å²) in [4.78, 5) is 4.46. The van der Waals surface area contributed by atoms with Gasteiger partial charge in [0.15, 0.2) is 5.82 Å². The van der Waals surface area contributed by atoms with E-state index in [9.17, 15) is 0 Å². The van der Waals surface area contributed by atoms with Gasteiger partial charge in [0.1, 0.15) is 11.6 Å². The third-order valence-corrected chi connectivity index (χ3v) is 3.51. The predicted molar refractivity (Wildman–Crippen MR) is 89.2 cm³/mol. The number of aromatic nitrogens is 3. The molecule has 1 aromatic heterocycles. The Morgan fingerprint density at radius 2 is 2.00 bits per heavy atom. The molecule has 4 N–H and O–H groups in total. The largest absolute Gasteiger partial charge is 0.497 e. The molecule has 6 heteroatoms. The summed E-state index contributed by atoms with van der Waals surface area (Å²) in [6, 6.07) is 17.1. The lowest BCUT2D eigenvalue weighted by atomic mass is 10.1. The molecule has 0 spiro atoms. The van der Waals surface area contributed by atoms with Crippen LogP contribution in [0, 0.1) is 0 Å². The summed E-state index contributed by atoms with van der Waals surface area (Å²) in [5.74, 6) is 2.06. The molecule has 1 heterocycles. The van der Waals surface area contributed by atoms with Crippen LogP contribution in [0.5, 0.6) is 5.75 Å². The lowest BCUT2D eigenvalue weighted by Crippen LogP contribution is -2.14. The van der Waals surface area contributed by atoms with E-state index >= 15 is 0 Å². The average molecular weight is 309 g/mol. The van der Waals surface area contributed by atoms with Gasteiger partial charge in [-0.05, 0) is 29.8 Å². The fourth-order valence-electron chi connectivity index (χ4n) is 2.25. The number of para-hydroxylation sites is 1. The van der Waals surface area contributed by atoms with Gasteiger partial charge in [0.2, 0.25) is 0 Å². The number of H-pyrrole nitrogens is 1. The number of ether oxygens (including phenoxy) is 1. The van der Waals surface area contributed by atoms with Crippen LogP contribution in [0.25, 0.3) is 0 Å². The van der Waals surface area contributed by atoms with Crippen molar-refractivity contribution in [1.82, 2.24) is 15.2 Å². The van der Waals surface area contributed by atoms with Crippen LogP contribution in [0.3, 0.4) is 0 Å². The van der Waals surface area contributed by atoms with Crippen molar-refractivity contribution in [1.29, 1.82) is 0 Å². The summed E-state index contributed by atoms with van der Waals surface area (Å²) in [6.07, 6.45) is 0. The van der Waals surface area contributed by atoms with Crippen molar-refractivity contribution in [3.63, 3.8) is 0 Å². The highest BCUT2D eigenvalue weighted by Crippen LogP contribution is 2.21. The molecule has 23 heavy (non-hydrogen) atoms. The van der Waals surface area contributed by atoms with Gasteiger partial charge in [0, 0.05) is 5.69 Å². The summed E-state index contributed by atoms with van der Waals surface area (Å²) in [5, 5.41) is 10.4. The average Bonchev–Trinajstić information content (AvgIpc) is 3.09. The Balaban J connectivity index is 1.68. The molecule has 0 radical (unpaired) electrons. The maximum absolute atomic E-state index is 6.24. The summed E-state index contributed by atoms with van der Waals surface area (Å²) >= 11 is 0. The second-order valence-electron chi connectivity index (χ2n) is 5.11. The maximum atomic E-state index is 6.24. The number of nitrogens with zero attached hydrogens (tertiary/aromatic N) is 2. The number of hydrogen-bond donors (Lipinski definition) is 3. The number of methoxy groups -OCH3 is 1. The van der Waals surface area contributed by atoms with Crippen LogP contribution in [0.15, 0.2) is 54.6 Å². The molecule has 0 bridgehead atoms. The van der Waals surface area contributed by atoms with Crippen molar-refractivity contribution in [3.8, 4) is 5.75 Å². The minimum atomic E-state index is -0.396. The molecule has 2 aromatic carbocycles. The van der Waals surface area contributed by atoms with E-state index in [1.54, 1.807) is 7.11 Å². The van der Waals surface area contributed by atoms with Gasteiger partial charge < -0.3 is 15.8 Å². The molecule has 0 aliphatic carbocycles. The fraction of sp³-hybridized carbons (Fsp3) is 0.176. The SMILES string of the molecule is COc1cccc([C@H](N)c2n[nH]c(CNc3ccccc3)n2)c1. The minimum Gasteiger partial charge on any atom is -0.497 e. The molecule has 0 aliphatic heterocycles. The molecule has 0 amide bonds. The van der Waals surface area contributed by atoms with Crippen LogP contribution >= 0.6 is 0 Å². The van der Waals surface area contributed by atoms with E-state index in [2.05, 4.69) is 20.5 Å². The summed E-state index contributed by atoms with van der Waals surface area (Å²) in [5.41, 5.74) is 8.18. The predicted octanol–water partition coefficient (Wildman–Crippen LogP) is 2.47. The van der Waals surface area contributed by atoms with Gasteiger partial charge in [-0.25, -0.2) is 4.98 Å². The standard InChI is InChI=1S/C17H19N5O/c1-23-14-9-5-6-12(10-14)16(18)17-20-15(21-22-17)11-19-13-7-3-2-4-8-13/h2-10,16,19H,11,18H2,1H3,(H,20,21,22)/t16-/m0/s1. The Morgan fingerprint density at radius 1 is 1.17 bits per heavy atom. The van der Waals surface area contributed by atoms with Crippen molar-refractivity contribution in [2.24, 2.45) is 5.73 Å². The van der Waals surface area contributed by atoms with E-state index in [4.69, 9.17) is 10.5 Å². The molecule has 3 aromatic rings. The van der Waals surface area contributed by atoms with Crippen LogP contribution < -0.4 is 15.8 Å². The van der Waals surface area contributed by atoms with Crippen molar-refractivity contribution in [3.05, 3.63) is 71.8 Å². The molecule has 118 valence electrons. The molecule has 6 nitrogen and oxygen atoms in total. The molecular weight excluding hydrogens is 290 g/mol. The summed E-state index contributed by atoms with van der Waals surface area (Å²) < 4.78 is 5.22. The first-order valence-corrected chi connectivity index (χ1v) is 7.36. The van der Waals surface area contributed by atoms with Crippen LogP contribution in [-0.2, 0) is 6.54 Å². The lowest BCUT2D eigenvalue weighted by molar-refractivity contribution is 0.414. The lowest BCUT2D eigenvalue weighted by Gasteiger charge is -2.09. The zero-order valence-corrected chi connectivity index (χ0v) is 12.9. The zero-order valence-electron chi connectivity index (χ0n) is 12.9. The van der Waals surface area contributed by atoms with Crippen molar-refractivity contribution in [2.45, 2.75) is 12.6 Å². The number of benzene rings is 2. The minimum absolute atomic E-state index is 0.396. The topological polar surface area (TPSA) is 88.8 Å². The normalized spacial score (nSPS) is 11.9. The van der Waals surface area contributed by atoms with E-state index in [1.807, 2.05) is 54.6 Å². The van der Waals surface area contributed by atoms with Crippen molar-refractivity contribution in [2.75, 3.05) is 12.4 Å². The zero-order chi connectivity index (χ0) is 16.1. The van der Waals surface area contributed by atoms with Gasteiger partial charge in [-0.2, -0.15) is 5.10 Å². The molecule has 3 rings (SSSR count). The van der Waals surface area contributed by atoms with E-state index in [1.165, 1.54) is 0 Å². The van der Waals surface area contributed by atoms with Crippen LogP contribution in [0.1, 0.15) is 23.3 Å². The number of rotatable bonds is 6. The van der Waals surface area contributed by atoms with E-state index in [-0.39, 0.29) is 0 Å². The van der Waals surface area contributed by atoms with E-state index in [0.29, 0.717) is 12.4 Å². The highest BCUT2D eigenvalue weighted by atomic mass is 16.5. The number of nitrogens with one attached hydrogen (secondary N) is 2. The Kier molecular flexibility index (Phi) is 4.54. The third kappa shape index (κ3) is 3.67. The second kappa shape index (κ2) is 6.93. The quantitative estimate of drug-likeness (QED) is 0.651. The molecule has 0 unspecified atom stereocenters. The first-order valence-electron chi connectivity index (χ1n) is 7.36. The molecule has 1 atom stereocenters. The monoisotopic (exact) mass is 309 g/mol. The van der Waals surface area contributed by atoms with E-state index < -0.39 is 6.04 Å². The highest BCUT2D eigenvalue weighted by molar-refractivity contribution is 5.42. The van der Waals surface area contributed by atoms with Crippen LogP contribution in [0.4, 0.5) is 5.69 Å². The molecule has 0 saturated heterocycles. The Labute approximate surface area is 134 Å². The van der Waals surface area contributed by atoms with Gasteiger partial charge in [0.05, 0.1) is 19.7 Å². The van der Waals surface area contributed by atoms with Gasteiger partial charge in [0.25, 0.3) is 0 Å². The molecule has 0 aliphatic rings. The van der Waals surface area contributed by atoms with E-state index in [0.717, 1.165) is 22.8 Å². The number of nitrogens with two attached hydrogens (primary N) is 1. The fourth-order valence-corrected chi connectivity index (χ4v) is 2.25. The van der Waals surface area contributed by atoms with Crippen molar-refractivity contribution >= 4 is 5.69 Å². The smallest absolute Gasteiger partial charge is 0.171 e. The molecular formula is C17H19N5O. The number of anilines is 1. The first kappa shape index (κ1) is 15.1. The maximum Gasteiger partial charge on any atom is 0.171 e. The van der Waals surface area contributed by atoms with Crippen molar-refractivity contribution < 1.29 is 4.74 Å². The first-order chi connectivity index (χ1) is 11.3. The summed E-state index contributed by atoms with van der Waals surface area (Å²) in [6.45, 7) is 0.557. The molecule has 0 fully saturated rings. The molecule has 0 saturated carbocycles. The van der Waals surface area contributed by atoms with Gasteiger partial charge >= 0.3 is 0 Å². The van der Waals surface area contributed by atoms with Gasteiger partial charge in [-0.1, -0.05) is 30.3 Å². The number of hydrogen-bond acceptors (Lipinski definition) is 5. The number of aromatic amines is 1. The van der Waals surface area contributed by atoms with Crippen LogP contribution in [0.2, 0.25) is 0 Å². The second-order valence-corrected chi connectivity index (χ2v) is 5.11. The summed E-state index contributed by atoms with van der Waals surface area (Å²) in [7, 11) is 1.63. The Bertz CT molecular complexity index is 756. The Hall–Kier alpha value is -2.86.